The van der Waals surface area contributed by atoms with E-state index in [1.54, 1.807) is 0 Å². The topological polar surface area (TPSA) is 37.4 Å². The van der Waals surface area contributed by atoms with Gasteiger partial charge in [-0.1, -0.05) is 24.3 Å². The number of carbonyl (C=O) groups is 2. The molecule has 2 aromatic carbocycles. The summed E-state index contributed by atoms with van der Waals surface area (Å²) in [6, 6.07) is 10.0. The molecule has 19 heavy (non-hydrogen) atoms. The van der Waals surface area contributed by atoms with Crippen LogP contribution in [0.2, 0.25) is 0 Å². The molecule has 0 radical (unpaired) electrons. The van der Waals surface area contributed by atoms with Crippen LogP contribution in [0.5, 0.6) is 0 Å². The Bertz CT molecular complexity index is 679. The standard InChI is InChI=1S/C16H15NO2/c1-10(18)17(11(2)19)15-9-8-13-7-6-12-4-3-5-14(15)16(12)13/h3-5,8-9H,6-7H2,1-2H3. The average molecular weight is 253 g/mol. The molecule has 0 saturated heterocycles. The molecule has 0 aliphatic heterocycles. The molecule has 3 rings (SSSR count). The summed E-state index contributed by atoms with van der Waals surface area (Å²) in [5, 5.41) is 2.21. The zero-order valence-electron chi connectivity index (χ0n) is 11.1. The fourth-order valence-corrected chi connectivity index (χ4v) is 2.99. The maximum atomic E-state index is 11.7. The minimum atomic E-state index is -0.244. The first kappa shape index (κ1) is 11.9. The SMILES string of the molecule is CC(=O)N(C(C)=O)c1ccc2c3c(cccc13)CC2. The lowest BCUT2D eigenvalue weighted by atomic mass is 10.0. The number of carbonyl (C=O) groups excluding carboxylic acids is 2. The van der Waals surface area contributed by atoms with Crippen LogP contribution in [-0.2, 0) is 22.4 Å². The number of amides is 2. The first-order valence-electron chi connectivity index (χ1n) is 6.44. The third-order valence-electron chi connectivity index (χ3n) is 3.72. The molecule has 0 fully saturated rings. The second-order valence-corrected chi connectivity index (χ2v) is 4.96. The maximum Gasteiger partial charge on any atom is 0.230 e. The van der Waals surface area contributed by atoms with E-state index < -0.39 is 0 Å². The predicted octanol–water partition coefficient (Wildman–Crippen LogP) is 2.84. The Hall–Kier alpha value is -2.16. The van der Waals surface area contributed by atoms with Crippen molar-refractivity contribution in [3.63, 3.8) is 0 Å². The molecule has 2 amide bonds. The van der Waals surface area contributed by atoms with Gasteiger partial charge in [0.1, 0.15) is 0 Å². The van der Waals surface area contributed by atoms with Crippen molar-refractivity contribution in [1.29, 1.82) is 0 Å². The molecule has 0 saturated carbocycles. The van der Waals surface area contributed by atoms with Gasteiger partial charge in [-0.25, -0.2) is 0 Å². The summed E-state index contributed by atoms with van der Waals surface area (Å²) in [4.78, 5) is 24.7. The Morgan fingerprint density at radius 2 is 1.58 bits per heavy atom. The van der Waals surface area contributed by atoms with E-state index >= 15 is 0 Å². The molecule has 0 heterocycles. The van der Waals surface area contributed by atoms with Gasteiger partial charge >= 0.3 is 0 Å². The molecule has 0 aromatic heterocycles. The monoisotopic (exact) mass is 253 g/mol. The van der Waals surface area contributed by atoms with Crippen molar-refractivity contribution in [1.82, 2.24) is 0 Å². The van der Waals surface area contributed by atoms with Crippen molar-refractivity contribution in [2.24, 2.45) is 0 Å². The van der Waals surface area contributed by atoms with Crippen LogP contribution < -0.4 is 4.90 Å². The highest BCUT2D eigenvalue weighted by Crippen LogP contribution is 2.36. The van der Waals surface area contributed by atoms with Gasteiger partial charge in [0.15, 0.2) is 0 Å². The van der Waals surface area contributed by atoms with Crippen molar-refractivity contribution in [2.75, 3.05) is 4.90 Å². The number of imide groups is 1. The second-order valence-electron chi connectivity index (χ2n) is 4.96. The highest BCUT2D eigenvalue weighted by Gasteiger charge is 2.22. The summed E-state index contributed by atoms with van der Waals surface area (Å²) in [6.45, 7) is 2.84. The van der Waals surface area contributed by atoms with E-state index in [0.717, 1.165) is 18.2 Å². The highest BCUT2D eigenvalue weighted by molar-refractivity contribution is 6.18. The lowest BCUT2D eigenvalue weighted by molar-refractivity contribution is -0.124. The summed E-state index contributed by atoms with van der Waals surface area (Å²) in [7, 11) is 0. The van der Waals surface area contributed by atoms with Gasteiger partial charge in [0.2, 0.25) is 11.8 Å². The molecular weight excluding hydrogens is 238 g/mol. The Morgan fingerprint density at radius 1 is 0.947 bits per heavy atom. The lowest BCUT2D eigenvalue weighted by Gasteiger charge is -2.20. The van der Waals surface area contributed by atoms with Gasteiger partial charge in [-0.3, -0.25) is 14.5 Å². The van der Waals surface area contributed by atoms with Gasteiger partial charge in [-0.2, -0.15) is 0 Å². The summed E-state index contributed by atoms with van der Waals surface area (Å²) in [6.07, 6.45) is 2.08. The first-order valence-corrected chi connectivity index (χ1v) is 6.44. The number of rotatable bonds is 1. The third-order valence-corrected chi connectivity index (χ3v) is 3.72. The van der Waals surface area contributed by atoms with Gasteiger partial charge in [-0.05, 0) is 35.4 Å². The molecule has 1 aliphatic carbocycles. The second kappa shape index (κ2) is 4.19. The number of anilines is 1. The summed E-state index contributed by atoms with van der Waals surface area (Å²) < 4.78 is 0. The molecule has 0 N–H and O–H groups in total. The molecule has 0 bridgehead atoms. The van der Waals surface area contributed by atoms with E-state index in [2.05, 4.69) is 6.07 Å². The molecule has 3 heteroatoms. The summed E-state index contributed by atoms with van der Waals surface area (Å²) in [5.41, 5.74) is 3.31. The number of nitrogens with zero attached hydrogens (tertiary/aromatic N) is 1. The normalized spacial score (nSPS) is 12.7. The van der Waals surface area contributed by atoms with Crippen LogP contribution >= 0.6 is 0 Å². The first-order chi connectivity index (χ1) is 9.09. The summed E-state index contributed by atoms with van der Waals surface area (Å²) in [5.74, 6) is -0.489. The van der Waals surface area contributed by atoms with Crippen molar-refractivity contribution in [3.8, 4) is 0 Å². The Kier molecular flexibility index (Phi) is 2.63. The van der Waals surface area contributed by atoms with E-state index in [1.165, 1.54) is 35.3 Å². The van der Waals surface area contributed by atoms with Gasteiger partial charge in [0.05, 0.1) is 5.69 Å². The average Bonchev–Trinajstić information content (AvgIpc) is 2.77. The van der Waals surface area contributed by atoms with Crippen LogP contribution in [0.3, 0.4) is 0 Å². The fourth-order valence-electron chi connectivity index (χ4n) is 2.99. The quantitative estimate of drug-likeness (QED) is 0.783. The molecule has 2 aromatic rings. The van der Waals surface area contributed by atoms with Gasteiger partial charge in [-0.15, -0.1) is 0 Å². The van der Waals surface area contributed by atoms with Crippen molar-refractivity contribution in [2.45, 2.75) is 26.7 Å². The summed E-state index contributed by atoms with van der Waals surface area (Å²) >= 11 is 0. The van der Waals surface area contributed by atoms with E-state index in [4.69, 9.17) is 0 Å². The smallest absolute Gasteiger partial charge is 0.230 e. The Balaban J connectivity index is 2.32. The van der Waals surface area contributed by atoms with Crippen LogP contribution in [0.4, 0.5) is 5.69 Å². The molecule has 0 spiro atoms. The lowest BCUT2D eigenvalue weighted by Crippen LogP contribution is -2.33. The molecular formula is C16H15NO2. The molecule has 96 valence electrons. The largest absolute Gasteiger partial charge is 0.274 e. The van der Waals surface area contributed by atoms with Crippen LogP contribution in [0.1, 0.15) is 25.0 Å². The maximum absolute atomic E-state index is 11.7. The fraction of sp³-hybridized carbons (Fsp3) is 0.250. The molecule has 0 atom stereocenters. The zero-order chi connectivity index (χ0) is 13.6. The van der Waals surface area contributed by atoms with Crippen LogP contribution in [0.25, 0.3) is 10.8 Å². The van der Waals surface area contributed by atoms with Crippen LogP contribution in [-0.4, -0.2) is 11.8 Å². The molecule has 1 aliphatic rings. The number of aryl methyl sites for hydroxylation is 2. The van der Waals surface area contributed by atoms with Crippen molar-refractivity contribution < 1.29 is 9.59 Å². The van der Waals surface area contributed by atoms with E-state index in [9.17, 15) is 9.59 Å². The van der Waals surface area contributed by atoms with Gasteiger partial charge in [0.25, 0.3) is 0 Å². The highest BCUT2D eigenvalue weighted by atomic mass is 16.2. The third kappa shape index (κ3) is 1.73. The van der Waals surface area contributed by atoms with E-state index in [0.29, 0.717) is 5.69 Å². The molecule has 0 unspecified atom stereocenters. The van der Waals surface area contributed by atoms with Gasteiger partial charge < -0.3 is 0 Å². The van der Waals surface area contributed by atoms with E-state index in [-0.39, 0.29) is 11.8 Å². The number of benzene rings is 2. The minimum Gasteiger partial charge on any atom is -0.274 e. The zero-order valence-corrected chi connectivity index (χ0v) is 11.1. The minimum absolute atomic E-state index is 0.244. The van der Waals surface area contributed by atoms with Crippen LogP contribution in [0.15, 0.2) is 30.3 Å². The Labute approximate surface area is 111 Å². The molecule has 3 nitrogen and oxygen atoms in total. The van der Waals surface area contributed by atoms with E-state index in [1.807, 2.05) is 24.3 Å². The van der Waals surface area contributed by atoms with Crippen molar-refractivity contribution in [3.05, 3.63) is 41.5 Å². The number of hydrogen-bond donors (Lipinski definition) is 0. The number of hydrogen-bond acceptors (Lipinski definition) is 2. The predicted molar refractivity (Wildman–Crippen MR) is 75.2 cm³/mol. The van der Waals surface area contributed by atoms with Crippen molar-refractivity contribution >= 4 is 28.3 Å². The Morgan fingerprint density at radius 3 is 2.21 bits per heavy atom. The van der Waals surface area contributed by atoms with Gasteiger partial charge in [0, 0.05) is 19.2 Å². The van der Waals surface area contributed by atoms with Crippen LogP contribution in [0, 0.1) is 0 Å².